The van der Waals surface area contributed by atoms with Gasteiger partial charge in [0.05, 0.1) is 30.4 Å². The summed E-state index contributed by atoms with van der Waals surface area (Å²) in [6.07, 6.45) is 0.0988. The van der Waals surface area contributed by atoms with Crippen molar-refractivity contribution in [1.29, 1.82) is 0 Å². The summed E-state index contributed by atoms with van der Waals surface area (Å²) in [4.78, 5) is -0.472. The minimum Gasteiger partial charge on any atom is -0.490 e. The predicted octanol–water partition coefficient (Wildman–Crippen LogP) is -0.308. The van der Waals surface area contributed by atoms with E-state index in [0.717, 1.165) is 6.07 Å². The Labute approximate surface area is 123 Å². The Morgan fingerprint density at radius 3 is 2.38 bits per heavy atom. The van der Waals surface area contributed by atoms with E-state index in [9.17, 15) is 16.8 Å². The average Bonchev–Trinajstić information content (AvgIpc) is 2.34. The van der Waals surface area contributed by atoms with Gasteiger partial charge in [0.2, 0.25) is 0 Å². The number of aliphatic hydroxyl groups is 1. The molecular weight excluding hydrogens is 322 g/mol. The molecule has 0 atom stereocenters. The van der Waals surface area contributed by atoms with Crippen molar-refractivity contribution in [3.05, 3.63) is 18.2 Å². The van der Waals surface area contributed by atoms with Gasteiger partial charge in [-0.1, -0.05) is 6.07 Å². The average molecular weight is 339 g/mol. The van der Waals surface area contributed by atoms with Crippen LogP contribution >= 0.6 is 0 Å². The van der Waals surface area contributed by atoms with Gasteiger partial charge in [-0.2, -0.15) is 8.42 Å². The molecule has 0 amide bonds. The van der Waals surface area contributed by atoms with Gasteiger partial charge in [-0.3, -0.25) is 4.55 Å². The topological polar surface area (TPSA) is 144 Å². The highest BCUT2D eigenvalue weighted by molar-refractivity contribution is 7.91. The van der Waals surface area contributed by atoms with Gasteiger partial charge in [0.15, 0.2) is 15.6 Å². The van der Waals surface area contributed by atoms with E-state index in [2.05, 4.69) is 0 Å². The zero-order valence-corrected chi connectivity index (χ0v) is 12.7. The van der Waals surface area contributed by atoms with Gasteiger partial charge in [-0.25, -0.2) is 8.42 Å². The van der Waals surface area contributed by atoms with E-state index < -0.39 is 31.5 Å². The van der Waals surface area contributed by atoms with Crippen LogP contribution in [0.1, 0.15) is 6.42 Å². The van der Waals surface area contributed by atoms with E-state index in [1.54, 1.807) is 0 Å². The summed E-state index contributed by atoms with van der Waals surface area (Å²) in [7, 11) is -7.85. The number of nitrogens with two attached hydrogens (primary N) is 1. The van der Waals surface area contributed by atoms with Crippen LogP contribution in [-0.2, 0) is 20.0 Å². The Morgan fingerprint density at radius 2 is 1.81 bits per heavy atom. The van der Waals surface area contributed by atoms with E-state index in [1.807, 2.05) is 0 Å². The van der Waals surface area contributed by atoms with Crippen molar-refractivity contribution < 1.29 is 31.2 Å². The molecule has 10 heteroatoms. The summed E-state index contributed by atoms with van der Waals surface area (Å²) in [6, 6.07) is 3.87. The van der Waals surface area contributed by atoms with Crippen LogP contribution in [0.5, 0.6) is 5.75 Å². The molecule has 0 bridgehead atoms. The maximum absolute atomic E-state index is 11.4. The Balaban J connectivity index is 2.73. The molecule has 0 radical (unpaired) electrons. The van der Waals surface area contributed by atoms with Crippen LogP contribution in [0.25, 0.3) is 0 Å². The molecule has 0 spiro atoms. The maximum Gasteiger partial charge on any atom is 0.298 e. The van der Waals surface area contributed by atoms with Crippen molar-refractivity contribution in [2.75, 3.05) is 30.5 Å². The molecule has 0 aliphatic carbocycles. The van der Waals surface area contributed by atoms with Crippen molar-refractivity contribution in [3.63, 3.8) is 0 Å². The van der Waals surface area contributed by atoms with Crippen LogP contribution in [0.2, 0.25) is 0 Å². The lowest BCUT2D eigenvalue weighted by Crippen LogP contribution is -2.16. The van der Waals surface area contributed by atoms with Crippen LogP contribution in [-0.4, -0.2) is 51.2 Å². The smallest absolute Gasteiger partial charge is 0.298 e. The summed E-state index contributed by atoms with van der Waals surface area (Å²) >= 11 is 0. The van der Waals surface area contributed by atoms with Crippen molar-refractivity contribution in [1.82, 2.24) is 0 Å². The normalized spacial score (nSPS) is 12.3. The molecule has 21 heavy (non-hydrogen) atoms. The summed E-state index contributed by atoms with van der Waals surface area (Å²) in [5, 5.41) is 8.58. The molecule has 0 aromatic heterocycles. The molecule has 120 valence electrons. The fourth-order valence-corrected chi connectivity index (χ4v) is 3.29. The highest BCUT2D eigenvalue weighted by Gasteiger charge is 2.19. The third-order valence-electron chi connectivity index (χ3n) is 2.54. The number of sulfone groups is 1. The molecule has 0 saturated heterocycles. The summed E-state index contributed by atoms with van der Waals surface area (Å²) in [5.41, 5.74) is 5.60. The highest BCUT2D eigenvalue weighted by atomic mass is 32.2. The number of hydrogen-bond acceptors (Lipinski definition) is 7. The number of para-hydroxylation sites is 1. The van der Waals surface area contributed by atoms with E-state index in [0.29, 0.717) is 0 Å². The lowest BCUT2D eigenvalue weighted by molar-refractivity contribution is 0.308. The monoisotopic (exact) mass is 339 g/mol. The van der Waals surface area contributed by atoms with Gasteiger partial charge in [-0.15, -0.1) is 0 Å². The van der Waals surface area contributed by atoms with Crippen molar-refractivity contribution >= 4 is 25.6 Å². The number of hydrogen-bond donors (Lipinski definition) is 3. The molecule has 0 aliphatic rings. The molecule has 0 heterocycles. The summed E-state index contributed by atoms with van der Waals surface area (Å²) < 4.78 is 59.3. The molecular formula is C11H17NO7S2. The second kappa shape index (κ2) is 7.07. The van der Waals surface area contributed by atoms with E-state index in [-0.39, 0.29) is 36.0 Å². The molecule has 0 aliphatic heterocycles. The molecule has 0 saturated carbocycles. The minimum absolute atomic E-state index is 0.0170. The molecule has 1 aromatic rings. The number of anilines is 1. The quantitative estimate of drug-likeness (QED) is 0.332. The standard InChI is InChI=1S/C11H17NO7S2/c12-9-3-1-4-10(21(16,17)18)11(9)19-6-2-7-20(14,15)8-5-13/h1,3-4,13H,2,5-8,12H2,(H,16,17,18). The van der Waals surface area contributed by atoms with Crippen LogP contribution in [0.3, 0.4) is 0 Å². The highest BCUT2D eigenvalue weighted by Crippen LogP contribution is 2.30. The molecule has 1 aromatic carbocycles. The lowest BCUT2D eigenvalue weighted by atomic mass is 10.3. The number of aliphatic hydroxyl groups excluding tert-OH is 1. The second-order valence-electron chi connectivity index (χ2n) is 4.23. The Hall–Kier alpha value is -1.36. The first-order chi connectivity index (χ1) is 9.67. The Bertz CT molecular complexity index is 683. The Morgan fingerprint density at radius 1 is 1.14 bits per heavy atom. The van der Waals surface area contributed by atoms with Crippen LogP contribution in [0.4, 0.5) is 5.69 Å². The second-order valence-corrected chi connectivity index (χ2v) is 7.92. The van der Waals surface area contributed by atoms with Gasteiger partial charge < -0.3 is 15.6 Å². The first-order valence-electron chi connectivity index (χ1n) is 5.97. The third kappa shape index (κ3) is 5.50. The van der Waals surface area contributed by atoms with Gasteiger partial charge in [0.1, 0.15) is 4.90 Å². The van der Waals surface area contributed by atoms with E-state index in [4.69, 9.17) is 20.1 Å². The lowest BCUT2D eigenvalue weighted by Gasteiger charge is -2.12. The summed E-state index contributed by atoms with van der Waals surface area (Å²) in [5.74, 6) is -0.752. The minimum atomic E-state index is -4.49. The van der Waals surface area contributed by atoms with Crippen LogP contribution in [0, 0.1) is 0 Å². The van der Waals surface area contributed by atoms with Gasteiger partial charge in [-0.05, 0) is 18.6 Å². The number of rotatable bonds is 8. The predicted molar refractivity (Wildman–Crippen MR) is 76.5 cm³/mol. The van der Waals surface area contributed by atoms with Crippen molar-refractivity contribution in [3.8, 4) is 5.75 Å². The van der Waals surface area contributed by atoms with Crippen LogP contribution < -0.4 is 10.5 Å². The van der Waals surface area contributed by atoms with Gasteiger partial charge in [0, 0.05) is 0 Å². The maximum atomic E-state index is 11.4. The molecule has 0 fully saturated rings. The van der Waals surface area contributed by atoms with Gasteiger partial charge >= 0.3 is 0 Å². The van der Waals surface area contributed by atoms with Crippen LogP contribution in [0.15, 0.2) is 23.1 Å². The van der Waals surface area contributed by atoms with E-state index >= 15 is 0 Å². The third-order valence-corrected chi connectivity index (χ3v) is 5.13. The zero-order chi connectivity index (χ0) is 16.1. The van der Waals surface area contributed by atoms with E-state index in [1.165, 1.54) is 12.1 Å². The number of benzene rings is 1. The largest absolute Gasteiger partial charge is 0.490 e. The zero-order valence-electron chi connectivity index (χ0n) is 11.1. The molecule has 1 rings (SSSR count). The Kier molecular flexibility index (Phi) is 5.96. The number of nitrogen functional groups attached to an aromatic ring is 1. The fourth-order valence-electron chi connectivity index (χ4n) is 1.58. The number of ether oxygens (including phenoxy) is 1. The van der Waals surface area contributed by atoms with Crippen molar-refractivity contribution in [2.45, 2.75) is 11.3 Å². The molecule has 8 nitrogen and oxygen atoms in total. The first-order valence-corrected chi connectivity index (χ1v) is 9.23. The first kappa shape index (κ1) is 17.7. The fraction of sp³-hybridized carbons (Fsp3) is 0.455. The summed E-state index contributed by atoms with van der Waals surface area (Å²) in [6.45, 7) is -0.552. The molecule has 4 N–H and O–H groups in total. The van der Waals surface area contributed by atoms with Gasteiger partial charge in [0.25, 0.3) is 10.1 Å². The van der Waals surface area contributed by atoms with Crippen molar-refractivity contribution in [2.24, 2.45) is 0 Å². The SMILES string of the molecule is Nc1cccc(S(=O)(=O)O)c1OCCCS(=O)(=O)CCO. The molecule has 0 unspecified atom stereocenters.